The fourth-order valence-electron chi connectivity index (χ4n) is 2.46. The molecular weight excluding hydrogens is 302 g/mol. The Hall–Kier alpha value is -2.18. The molecule has 0 fully saturated rings. The molecule has 0 radical (unpaired) electrons. The van der Waals surface area contributed by atoms with Gasteiger partial charge in [0.15, 0.2) is 5.56 Å². The Bertz CT molecular complexity index is 553. The van der Waals surface area contributed by atoms with Crippen LogP contribution in [0.15, 0.2) is 4.42 Å². The summed E-state index contributed by atoms with van der Waals surface area (Å²) in [4.78, 5) is 26.3. The van der Waals surface area contributed by atoms with Crippen LogP contribution in [0.25, 0.3) is 0 Å². The molecule has 0 saturated carbocycles. The Morgan fingerprint density at radius 2 is 1.48 bits per heavy atom. The number of furan rings is 1. The fraction of sp³-hybridized carbons (Fsp3) is 0.625. The maximum atomic E-state index is 12.3. The minimum Gasteiger partial charge on any atom is -0.465 e. The highest BCUT2D eigenvalue weighted by atomic mass is 16.6. The number of carbonyl (C=O) groups excluding carboxylic acids is 2. The van der Waals surface area contributed by atoms with Gasteiger partial charge in [0.05, 0.1) is 20.8 Å². The zero-order valence-electron chi connectivity index (χ0n) is 14.8. The predicted octanol–water partition coefficient (Wildman–Crippen LogP) is 2.87. The molecule has 1 heterocycles. The second kappa shape index (κ2) is 7.89. The van der Waals surface area contributed by atoms with Crippen molar-refractivity contribution in [2.45, 2.75) is 46.7 Å². The van der Waals surface area contributed by atoms with Crippen LogP contribution in [-0.4, -0.2) is 44.8 Å². The topological polar surface area (TPSA) is 78.2 Å². The standard InChI is InChI=1S/C16H25NO6/c1-8-22-16-12(15(19)21-7)11(14(18)20-6)13(23-16)17(9(2)3)10(4)5/h9-10H,8H2,1-7H3. The smallest absolute Gasteiger partial charge is 0.346 e. The molecule has 0 aliphatic carbocycles. The molecule has 0 amide bonds. The summed E-state index contributed by atoms with van der Waals surface area (Å²) in [6.45, 7) is 9.87. The van der Waals surface area contributed by atoms with Gasteiger partial charge in [-0.05, 0) is 34.6 Å². The van der Waals surface area contributed by atoms with Gasteiger partial charge >= 0.3 is 17.9 Å². The Kier molecular flexibility index (Phi) is 6.48. The van der Waals surface area contributed by atoms with Gasteiger partial charge in [-0.15, -0.1) is 0 Å². The van der Waals surface area contributed by atoms with Gasteiger partial charge in [0.25, 0.3) is 0 Å². The summed E-state index contributed by atoms with van der Waals surface area (Å²) in [6, 6.07) is 0.0639. The molecule has 0 unspecified atom stereocenters. The van der Waals surface area contributed by atoms with Crippen LogP contribution in [0.2, 0.25) is 0 Å². The molecule has 0 N–H and O–H groups in total. The van der Waals surface area contributed by atoms with Gasteiger partial charge in [-0.25, -0.2) is 9.59 Å². The number of anilines is 1. The average molecular weight is 327 g/mol. The van der Waals surface area contributed by atoms with E-state index in [9.17, 15) is 9.59 Å². The number of esters is 2. The lowest BCUT2D eigenvalue weighted by Crippen LogP contribution is -2.37. The Morgan fingerprint density at radius 3 is 1.87 bits per heavy atom. The zero-order valence-corrected chi connectivity index (χ0v) is 14.8. The second-order valence-corrected chi connectivity index (χ2v) is 5.46. The SMILES string of the molecule is CCOc1oc(N(C(C)C)C(C)C)c(C(=O)OC)c1C(=O)OC. The highest BCUT2D eigenvalue weighted by molar-refractivity contribution is 6.08. The molecule has 0 atom stereocenters. The zero-order chi connectivity index (χ0) is 17.7. The van der Waals surface area contributed by atoms with Crippen molar-refractivity contribution < 1.29 is 28.2 Å². The summed E-state index contributed by atoms with van der Waals surface area (Å²) in [5.74, 6) is -1.19. The number of rotatable bonds is 7. The Morgan fingerprint density at radius 1 is 1.00 bits per heavy atom. The van der Waals surface area contributed by atoms with Crippen molar-refractivity contribution in [2.24, 2.45) is 0 Å². The third-order valence-corrected chi connectivity index (χ3v) is 3.26. The van der Waals surface area contributed by atoms with Crippen LogP contribution in [0.1, 0.15) is 55.3 Å². The number of hydrogen-bond acceptors (Lipinski definition) is 7. The van der Waals surface area contributed by atoms with Crippen LogP contribution in [0.3, 0.4) is 0 Å². The first-order valence-corrected chi connectivity index (χ1v) is 7.54. The summed E-state index contributed by atoms with van der Waals surface area (Å²) in [7, 11) is 2.48. The minimum absolute atomic E-state index is 0.0187. The van der Waals surface area contributed by atoms with Crippen molar-refractivity contribution >= 4 is 17.8 Å². The molecule has 23 heavy (non-hydrogen) atoms. The molecule has 0 spiro atoms. The van der Waals surface area contributed by atoms with Gasteiger partial charge in [-0.1, -0.05) is 0 Å². The van der Waals surface area contributed by atoms with E-state index in [1.165, 1.54) is 14.2 Å². The molecule has 0 bridgehead atoms. The number of ether oxygens (including phenoxy) is 3. The van der Waals surface area contributed by atoms with Gasteiger partial charge in [-0.3, -0.25) is 0 Å². The first-order valence-electron chi connectivity index (χ1n) is 7.54. The van der Waals surface area contributed by atoms with Crippen LogP contribution in [0.5, 0.6) is 5.95 Å². The minimum atomic E-state index is -0.712. The average Bonchev–Trinajstić information content (AvgIpc) is 2.84. The summed E-state index contributed by atoms with van der Waals surface area (Å²) in [5, 5.41) is 0. The van der Waals surface area contributed by atoms with Crippen LogP contribution in [0, 0.1) is 0 Å². The molecule has 130 valence electrons. The molecule has 0 aliphatic heterocycles. The van der Waals surface area contributed by atoms with Crippen LogP contribution >= 0.6 is 0 Å². The Balaban J connectivity index is 3.68. The van der Waals surface area contributed by atoms with Crippen LogP contribution in [-0.2, 0) is 9.47 Å². The lowest BCUT2D eigenvalue weighted by Gasteiger charge is -2.30. The van der Waals surface area contributed by atoms with Crippen LogP contribution < -0.4 is 9.64 Å². The molecule has 0 saturated heterocycles. The molecule has 1 aromatic heterocycles. The van der Waals surface area contributed by atoms with E-state index in [2.05, 4.69) is 0 Å². The van der Waals surface area contributed by atoms with Gasteiger partial charge in [0.2, 0.25) is 5.88 Å². The van der Waals surface area contributed by atoms with Crippen molar-refractivity contribution in [3.05, 3.63) is 11.1 Å². The maximum absolute atomic E-state index is 12.3. The maximum Gasteiger partial charge on any atom is 0.346 e. The predicted molar refractivity (Wildman–Crippen MR) is 85.3 cm³/mol. The summed E-state index contributed by atoms with van der Waals surface area (Å²) in [5.41, 5.74) is -0.0345. The highest BCUT2D eigenvalue weighted by Gasteiger charge is 2.36. The van der Waals surface area contributed by atoms with Gasteiger partial charge in [0.1, 0.15) is 5.56 Å². The molecule has 7 heteroatoms. The quantitative estimate of drug-likeness (QED) is 0.712. The summed E-state index contributed by atoms with van der Waals surface area (Å²) in [6.07, 6.45) is 0. The van der Waals surface area contributed by atoms with Crippen molar-refractivity contribution in [3.63, 3.8) is 0 Å². The molecule has 1 rings (SSSR count). The first kappa shape index (κ1) is 18.9. The molecule has 0 aromatic carbocycles. The van der Waals surface area contributed by atoms with E-state index in [-0.39, 0.29) is 41.6 Å². The Labute approximate surface area is 136 Å². The fourth-order valence-corrected chi connectivity index (χ4v) is 2.46. The van der Waals surface area contributed by atoms with E-state index in [0.29, 0.717) is 0 Å². The molecule has 0 aliphatic rings. The van der Waals surface area contributed by atoms with Crippen molar-refractivity contribution in [1.29, 1.82) is 0 Å². The number of methoxy groups -OCH3 is 2. The van der Waals surface area contributed by atoms with Gasteiger partial charge in [0, 0.05) is 12.1 Å². The summed E-state index contributed by atoms with van der Waals surface area (Å²) < 4.78 is 20.7. The highest BCUT2D eigenvalue weighted by Crippen LogP contribution is 2.38. The van der Waals surface area contributed by atoms with Crippen LogP contribution in [0.4, 0.5) is 5.88 Å². The third kappa shape index (κ3) is 3.78. The largest absolute Gasteiger partial charge is 0.465 e. The monoisotopic (exact) mass is 327 g/mol. The molecule has 7 nitrogen and oxygen atoms in total. The van der Waals surface area contributed by atoms with Gasteiger partial charge < -0.3 is 23.5 Å². The normalized spacial score (nSPS) is 10.8. The van der Waals surface area contributed by atoms with Crippen molar-refractivity contribution in [1.82, 2.24) is 0 Å². The third-order valence-electron chi connectivity index (χ3n) is 3.26. The molecule has 1 aromatic rings. The number of carbonyl (C=O) groups is 2. The van der Waals surface area contributed by atoms with E-state index in [1.807, 2.05) is 32.6 Å². The van der Waals surface area contributed by atoms with Crippen molar-refractivity contribution in [2.75, 3.05) is 25.7 Å². The van der Waals surface area contributed by atoms with Gasteiger partial charge in [-0.2, -0.15) is 0 Å². The van der Waals surface area contributed by atoms with E-state index in [4.69, 9.17) is 18.6 Å². The lowest BCUT2D eigenvalue weighted by molar-refractivity contribution is 0.0553. The first-order chi connectivity index (χ1) is 10.8. The number of hydrogen-bond donors (Lipinski definition) is 0. The van der Waals surface area contributed by atoms with E-state index >= 15 is 0 Å². The van der Waals surface area contributed by atoms with E-state index < -0.39 is 11.9 Å². The van der Waals surface area contributed by atoms with E-state index in [0.717, 1.165) is 0 Å². The second-order valence-electron chi connectivity index (χ2n) is 5.46. The van der Waals surface area contributed by atoms with E-state index in [1.54, 1.807) is 6.92 Å². The van der Waals surface area contributed by atoms with Crippen molar-refractivity contribution in [3.8, 4) is 5.95 Å². The lowest BCUT2D eigenvalue weighted by atomic mass is 10.1. The molecular formula is C16H25NO6. The number of nitrogens with zero attached hydrogens (tertiary/aromatic N) is 1. The summed E-state index contributed by atoms with van der Waals surface area (Å²) >= 11 is 0.